The molecule has 1 heterocycles. The van der Waals surface area contributed by atoms with Gasteiger partial charge in [0, 0.05) is 24.1 Å². The summed E-state index contributed by atoms with van der Waals surface area (Å²) in [6, 6.07) is 15.6. The van der Waals surface area contributed by atoms with Crippen molar-refractivity contribution in [3.63, 3.8) is 0 Å². The summed E-state index contributed by atoms with van der Waals surface area (Å²) in [7, 11) is 0. The third-order valence-electron chi connectivity index (χ3n) is 6.22. The molecular formula is C30H32O7. The first kappa shape index (κ1) is 26.1. The molecule has 0 fully saturated rings. The number of fused-ring (bicyclic) bond motifs is 1. The van der Waals surface area contributed by atoms with Crippen molar-refractivity contribution >= 4 is 11.0 Å². The van der Waals surface area contributed by atoms with Crippen molar-refractivity contribution < 1.29 is 29.6 Å². The van der Waals surface area contributed by atoms with Crippen LogP contribution in [-0.4, -0.2) is 33.1 Å². The van der Waals surface area contributed by atoms with E-state index in [0.717, 1.165) is 5.56 Å². The lowest BCUT2D eigenvalue weighted by Gasteiger charge is -2.16. The fraction of sp³-hybridized carbons (Fsp3) is 0.300. The zero-order chi connectivity index (χ0) is 26.7. The maximum absolute atomic E-state index is 13.3. The zero-order valence-corrected chi connectivity index (χ0v) is 21.2. The van der Waals surface area contributed by atoms with Gasteiger partial charge >= 0.3 is 0 Å². The SMILES string of the molecule is CC[C@H](O)COc1cc(O)cc2oc(-c3cc(Cc4ccccc4)c(O)c(CC(C)C)c3)c(O)c(=O)c12. The molecule has 0 aliphatic rings. The van der Waals surface area contributed by atoms with Gasteiger partial charge in [-0.25, -0.2) is 0 Å². The highest BCUT2D eigenvalue weighted by atomic mass is 16.5. The van der Waals surface area contributed by atoms with Gasteiger partial charge in [0.2, 0.25) is 11.2 Å². The van der Waals surface area contributed by atoms with Crippen molar-refractivity contribution in [3.05, 3.63) is 81.5 Å². The first-order chi connectivity index (χ1) is 17.7. The number of phenolic OH excluding ortho intramolecular Hbond substituents is 2. The van der Waals surface area contributed by atoms with Crippen LogP contribution in [0.1, 0.15) is 43.9 Å². The van der Waals surface area contributed by atoms with E-state index in [1.54, 1.807) is 19.1 Å². The van der Waals surface area contributed by atoms with Gasteiger partial charge in [0.15, 0.2) is 5.76 Å². The molecule has 7 heteroatoms. The van der Waals surface area contributed by atoms with Crippen LogP contribution in [0.2, 0.25) is 0 Å². The Hall–Kier alpha value is -3.97. The van der Waals surface area contributed by atoms with E-state index >= 15 is 0 Å². The largest absolute Gasteiger partial charge is 0.508 e. The van der Waals surface area contributed by atoms with Gasteiger partial charge in [-0.05, 0) is 47.6 Å². The molecule has 0 unspecified atom stereocenters. The molecule has 3 aromatic carbocycles. The second-order valence-electron chi connectivity index (χ2n) is 9.70. The standard InChI is InChI=1S/C30H32O7/c1-4-22(31)16-36-24-14-23(32)15-25-26(24)28(34)29(35)30(37-25)21-12-19(10-17(2)3)27(33)20(13-21)11-18-8-6-5-7-9-18/h5-9,12-15,17,22,31-33,35H,4,10-11,16H2,1-3H3/t22-/m0/s1. The zero-order valence-electron chi connectivity index (χ0n) is 21.2. The van der Waals surface area contributed by atoms with Crippen LogP contribution in [0.4, 0.5) is 0 Å². The first-order valence-electron chi connectivity index (χ1n) is 12.4. The van der Waals surface area contributed by atoms with Crippen LogP contribution in [0.15, 0.2) is 63.8 Å². The Morgan fingerprint density at radius 3 is 2.32 bits per heavy atom. The van der Waals surface area contributed by atoms with Crippen molar-refractivity contribution in [3.8, 4) is 34.3 Å². The van der Waals surface area contributed by atoms with E-state index in [4.69, 9.17) is 9.15 Å². The van der Waals surface area contributed by atoms with Gasteiger partial charge in [-0.1, -0.05) is 51.1 Å². The molecule has 37 heavy (non-hydrogen) atoms. The molecule has 4 N–H and O–H groups in total. The second kappa shape index (κ2) is 11.0. The highest BCUT2D eigenvalue weighted by molar-refractivity contribution is 5.88. The summed E-state index contributed by atoms with van der Waals surface area (Å²) >= 11 is 0. The summed E-state index contributed by atoms with van der Waals surface area (Å²) < 4.78 is 11.6. The predicted molar refractivity (Wildman–Crippen MR) is 142 cm³/mol. The number of rotatable bonds is 9. The number of aliphatic hydroxyl groups is 1. The second-order valence-corrected chi connectivity index (χ2v) is 9.70. The van der Waals surface area contributed by atoms with E-state index in [0.29, 0.717) is 36.0 Å². The van der Waals surface area contributed by atoms with Gasteiger partial charge < -0.3 is 29.6 Å². The van der Waals surface area contributed by atoms with Crippen molar-refractivity contribution in [2.45, 2.75) is 46.1 Å². The summed E-state index contributed by atoms with van der Waals surface area (Å²) in [5, 5.41) is 42.1. The molecule has 194 valence electrons. The molecule has 0 radical (unpaired) electrons. The van der Waals surface area contributed by atoms with E-state index in [9.17, 15) is 25.2 Å². The monoisotopic (exact) mass is 504 g/mol. The van der Waals surface area contributed by atoms with Crippen molar-refractivity contribution in [1.29, 1.82) is 0 Å². The molecule has 0 bridgehead atoms. The molecule has 0 saturated carbocycles. The Morgan fingerprint density at radius 1 is 0.946 bits per heavy atom. The van der Waals surface area contributed by atoms with Gasteiger partial charge in [-0.2, -0.15) is 0 Å². The van der Waals surface area contributed by atoms with Crippen LogP contribution in [0.25, 0.3) is 22.3 Å². The Labute approximate surface area is 215 Å². The Kier molecular flexibility index (Phi) is 7.74. The predicted octanol–water partition coefficient (Wildman–Crippen LogP) is 5.52. The quantitative estimate of drug-likeness (QED) is 0.237. The van der Waals surface area contributed by atoms with E-state index in [1.807, 2.05) is 44.2 Å². The average molecular weight is 505 g/mol. The van der Waals surface area contributed by atoms with E-state index in [-0.39, 0.29) is 46.5 Å². The number of hydrogen-bond donors (Lipinski definition) is 4. The summed E-state index contributed by atoms with van der Waals surface area (Å²) in [6.07, 6.45) is 0.726. The molecule has 0 aliphatic carbocycles. The van der Waals surface area contributed by atoms with Crippen molar-refractivity contribution in [2.24, 2.45) is 5.92 Å². The van der Waals surface area contributed by atoms with E-state index < -0.39 is 17.3 Å². The van der Waals surface area contributed by atoms with Crippen molar-refractivity contribution in [2.75, 3.05) is 6.61 Å². The van der Waals surface area contributed by atoms with Crippen molar-refractivity contribution in [1.82, 2.24) is 0 Å². The molecular weight excluding hydrogens is 472 g/mol. The minimum atomic E-state index is -0.753. The summed E-state index contributed by atoms with van der Waals surface area (Å²) in [4.78, 5) is 13.3. The maximum atomic E-state index is 13.3. The Morgan fingerprint density at radius 2 is 1.65 bits per heavy atom. The third-order valence-corrected chi connectivity index (χ3v) is 6.22. The number of ether oxygens (including phenoxy) is 1. The molecule has 0 spiro atoms. The summed E-state index contributed by atoms with van der Waals surface area (Å²) in [5.41, 5.74) is 2.05. The molecule has 7 nitrogen and oxygen atoms in total. The highest BCUT2D eigenvalue weighted by Gasteiger charge is 2.22. The number of benzene rings is 3. The molecule has 1 atom stereocenters. The lowest BCUT2D eigenvalue weighted by molar-refractivity contribution is 0.105. The number of hydrogen-bond acceptors (Lipinski definition) is 7. The number of aromatic hydroxyl groups is 3. The minimum Gasteiger partial charge on any atom is -0.508 e. The number of aliphatic hydroxyl groups excluding tert-OH is 1. The molecule has 0 saturated heterocycles. The van der Waals surface area contributed by atoms with Crippen LogP contribution < -0.4 is 10.2 Å². The van der Waals surface area contributed by atoms with Crippen LogP contribution in [-0.2, 0) is 12.8 Å². The lowest BCUT2D eigenvalue weighted by atomic mass is 9.93. The normalized spacial score (nSPS) is 12.2. The molecule has 0 amide bonds. The summed E-state index contributed by atoms with van der Waals surface area (Å²) in [6.45, 7) is 5.78. The minimum absolute atomic E-state index is 0.00840. The van der Waals surface area contributed by atoms with Gasteiger partial charge in [0.05, 0.1) is 6.10 Å². The average Bonchev–Trinajstić information content (AvgIpc) is 2.86. The highest BCUT2D eigenvalue weighted by Crippen LogP contribution is 2.39. The summed E-state index contributed by atoms with van der Waals surface area (Å²) in [5.74, 6) is -0.434. The fourth-order valence-corrected chi connectivity index (χ4v) is 4.31. The molecule has 4 rings (SSSR count). The van der Waals surface area contributed by atoms with Crippen LogP contribution >= 0.6 is 0 Å². The maximum Gasteiger partial charge on any atom is 0.238 e. The van der Waals surface area contributed by atoms with Gasteiger partial charge in [0.25, 0.3) is 0 Å². The van der Waals surface area contributed by atoms with Gasteiger partial charge in [-0.3, -0.25) is 4.79 Å². The fourth-order valence-electron chi connectivity index (χ4n) is 4.31. The molecule has 1 aromatic heterocycles. The molecule has 4 aromatic rings. The van der Waals surface area contributed by atoms with Gasteiger partial charge in [-0.15, -0.1) is 0 Å². The lowest BCUT2D eigenvalue weighted by Crippen LogP contribution is -2.17. The Balaban J connectivity index is 1.88. The number of phenols is 2. The smallest absolute Gasteiger partial charge is 0.238 e. The van der Waals surface area contributed by atoms with Crippen LogP contribution in [0.5, 0.6) is 23.0 Å². The first-order valence-corrected chi connectivity index (χ1v) is 12.4. The topological polar surface area (TPSA) is 120 Å². The van der Waals surface area contributed by atoms with Gasteiger partial charge in [0.1, 0.15) is 34.8 Å². The molecule has 0 aliphatic heterocycles. The Bertz CT molecular complexity index is 1460. The van der Waals surface area contributed by atoms with Crippen LogP contribution in [0, 0.1) is 5.92 Å². The van der Waals surface area contributed by atoms with Crippen LogP contribution in [0.3, 0.4) is 0 Å². The third kappa shape index (κ3) is 5.73. The van der Waals surface area contributed by atoms with E-state index in [2.05, 4.69) is 0 Å². The van der Waals surface area contributed by atoms with E-state index in [1.165, 1.54) is 12.1 Å².